The second kappa shape index (κ2) is 9.49. The number of phenolic OH excluding ortho intramolecular Hbond substituents is 1. The molecule has 1 fully saturated rings. The topological polar surface area (TPSA) is 168 Å². The van der Waals surface area contributed by atoms with Crippen molar-refractivity contribution in [2.24, 2.45) is 0 Å². The molecule has 5 atom stereocenters. The minimum Gasteiger partial charge on any atom is -0.504 e. The molecule has 1 aliphatic heterocycles. The van der Waals surface area contributed by atoms with Crippen molar-refractivity contribution in [3.8, 4) is 34.1 Å². The molecule has 0 saturated carbocycles. The number of fused-ring (bicyclic) bond motifs is 1. The van der Waals surface area contributed by atoms with Crippen molar-refractivity contribution in [2.45, 2.75) is 30.7 Å². The van der Waals surface area contributed by atoms with Crippen LogP contribution in [0, 0.1) is 0 Å². The van der Waals surface area contributed by atoms with E-state index in [4.69, 9.17) is 23.4 Å². The zero-order valence-electron chi connectivity index (χ0n) is 18.2. The summed E-state index contributed by atoms with van der Waals surface area (Å²) >= 11 is 0. The van der Waals surface area contributed by atoms with Gasteiger partial charge in [0.15, 0.2) is 11.5 Å². The van der Waals surface area contributed by atoms with Crippen LogP contribution in [-0.2, 0) is 4.74 Å². The largest absolute Gasteiger partial charge is 0.504 e. The van der Waals surface area contributed by atoms with Gasteiger partial charge in [-0.2, -0.15) is 0 Å². The zero-order valence-corrected chi connectivity index (χ0v) is 18.2. The Balaban J connectivity index is 1.63. The first-order chi connectivity index (χ1) is 16.3. The van der Waals surface area contributed by atoms with Gasteiger partial charge in [0, 0.05) is 6.07 Å². The number of ether oxygens (including phenoxy) is 4. The molecule has 0 bridgehead atoms. The van der Waals surface area contributed by atoms with Crippen molar-refractivity contribution < 1.29 is 48.9 Å². The summed E-state index contributed by atoms with van der Waals surface area (Å²) in [6.07, 6.45) is -5.81. The average Bonchev–Trinajstić information content (AvgIpc) is 2.84. The highest BCUT2D eigenvalue weighted by molar-refractivity contribution is 5.91. The Morgan fingerprint density at radius 3 is 2.32 bits per heavy atom. The standard InChI is InChI=1S/C23H24O11/c1-30-14-7-13-16(19(27)22(14)31-2)17(25)12(9-32-13)10-3-5-11(6-4-10)33-23-21(29)20(28)18(26)15(8-24)34-23/h3-7,9,15,18,20-21,23-24,26-29H,8H2,1-2H3/t15-,18-,20-,21-,23-/m0/s1. The Bertz CT molecular complexity index is 1220. The average molecular weight is 476 g/mol. The van der Waals surface area contributed by atoms with Gasteiger partial charge in [0.2, 0.25) is 17.5 Å². The van der Waals surface area contributed by atoms with Crippen LogP contribution in [0.3, 0.4) is 0 Å². The van der Waals surface area contributed by atoms with Crippen molar-refractivity contribution in [1.29, 1.82) is 0 Å². The molecule has 0 aliphatic carbocycles. The van der Waals surface area contributed by atoms with Crippen LogP contribution in [0.15, 0.2) is 45.8 Å². The van der Waals surface area contributed by atoms with E-state index in [0.29, 0.717) is 5.56 Å². The summed E-state index contributed by atoms with van der Waals surface area (Å²) in [4.78, 5) is 13.1. The van der Waals surface area contributed by atoms with E-state index in [1.54, 1.807) is 12.1 Å². The van der Waals surface area contributed by atoms with Crippen molar-refractivity contribution in [3.05, 3.63) is 46.8 Å². The first-order valence-corrected chi connectivity index (χ1v) is 10.3. The Labute approximate surface area is 192 Å². The lowest BCUT2D eigenvalue weighted by Gasteiger charge is -2.39. The van der Waals surface area contributed by atoms with Crippen LogP contribution >= 0.6 is 0 Å². The van der Waals surface area contributed by atoms with E-state index in [1.807, 2.05) is 0 Å². The molecule has 5 N–H and O–H groups in total. The maximum Gasteiger partial charge on any atom is 0.229 e. The number of methoxy groups -OCH3 is 2. The number of aromatic hydroxyl groups is 1. The van der Waals surface area contributed by atoms with Crippen molar-refractivity contribution in [1.82, 2.24) is 0 Å². The van der Waals surface area contributed by atoms with Gasteiger partial charge in [-0.1, -0.05) is 12.1 Å². The summed E-state index contributed by atoms with van der Waals surface area (Å²) in [6.45, 7) is -0.578. The molecule has 11 nitrogen and oxygen atoms in total. The summed E-state index contributed by atoms with van der Waals surface area (Å²) in [5.74, 6) is 0.0309. The Morgan fingerprint density at radius 1 is 1.00 bits per heavy atom. The monoisotopic (exact) mass is 476 g/mol. The molecule has 11 heteroatoms. The summed E-state index contributed by atoms with van der Waals surface area (Å²) in [5, 5.41) is 49.7. The maximum atomic E-state index is 13.1. The van der Waals surface area contributed by atoms with Gasteiger partial charge in [-0.05, 0) is 17.7 Å². The molecule has 2 heterocycles. The molecule has 182 valence electrons. The molecule has 34 heavy (non-hydrogen) atoms. The Kier molecular flexibility index (Phi) is 6.64. The highest BCUT2D eigenvalue weighted by Crippen LogP contribution is 2.41. The van der Waals surface area contributed by atoms with Gasteiger partial charge in [0.1, 0.15) is 47.4 Å². The zero-order chi connectivity index (χ0) is 24.6. The van der Waals surface area contributed by atoms with Crippen LogP contribution in [0.4, 0.5) is 0 Å². The molecule has 0 spiro atoms. The number of aliphatic hydroxyl groups is 4. The third-order valence-corrected chi connectivity index (χ3v) is 5.65. The fraction of sp³-hybridized carbons (Fsp3) is 0.348. The minimum atomic E-state index is -1.57. The van der Waals surface area contributed by atoms with Crippen LogP contribution < -0.4 is 19.6 Å². The van der Waals surface area contributed by atoms with E-state index in [0.717, 1.165) is 0 Å². The highest BCUT2D eigenvalue weighted by atomic mass is 16.7. The van der Waals surface area contributed by atoms with Crippen LogP contribution in [0.1, 0.15) is 0 Å². The van der Waals surface area contributed by atoms with Crippen molar-refractivity contribution >= 4 is 11.0 Å². The Hall–Kier alpha value is -3.35. The number of rotatable bonds is 6. The lowest BCUT2D eigenvalue weighted by atomic mass is 9.99. The molecule has 3 aromatic rings. The molecule has 0 amide bonds. The van der Waals surface area contributed by atoms with Crippen LogP contribution in [-0.4, -0.2) is 77.1 Å². The van der Waals surface area contributed by atoms with Gasteiger partial charge in [-0.25, -0.2) is 0 Å². The maximum absolute atomic E-state index is 13.1. The molecule has 1 aliphatic rings. The number of phenols is 1. The van der Waals surface area contributed by atoms with Gasteiger partial charge in [0.05, 0.1) is 26.4 Å². The second-order valence-corrected chi connectivity index (χ2v) is 7.65. The predicted molar refractivity (Wildman–Crippen MR) is 117 cm³/mol. The SMILES string of the molecule is COc1cc2occ(-c3ccc(O[C@H]4O[C@@H](CO)[C@H](O)[C@H](O)[C@@H]4O)cc3)c(=O)c2c(O)c1OC. The lowest BCUT2D eigenvalue weighted by Crippen LogP contribution is -2.60. The second-order valence-electron chi connectivity index (χ2n) is 7.65. The number of aliphatic hydroxyl groups excluding tert-OH is 4. The van der Waals surface area contributed by atoms with Crippen molar-refractivity contribution in [3.63, 3.8) is 0 Å². The van der Waals surface area contributed by atoms with E-state index in [2.05, 4.69) is 0 Å². The minimum absolute atomic E-state index is 0.00252. The molecular formula is C23H24O11. The fourth-order valence-corrected chi connectivity index (χ4v) is 3.79. The van der Waals surface area contributed by atoms with Gasteiger partial charge in [0.25, 0.3) is 0 Å². The lowest BCUT2D eigenvalue weighted by molar-refractivity contribution is -0.277. The van der Waals surface area contributed by atoms with E-state index in [-0.39, 0.29) is 33.8 Å². The van der Waals surface area contributed by atoms with Gasteiger partial charge >= 0.3 is 0 Å². The number of hydrogen-bond acceptors (Lipinski definition) is 11. The molecule has 1 aromatic heterocycles. The van der Waals surface area contributed by atoms with Gasteiger partial charge in [-0.3, -0.25) is 4.79 Å². The molecule has 1 saturated heterocycles. The molecule has 2 aromatic carbocycles. The highest BCUT2D eigenvalue weighted by Gasteiger charge is 2.44. The van der Waals surface area contributed by atoms with Gasteiger partial charge < -0.3 is 48.9 Å². The summed E-state index contributed by atoms with van der Waals surface area (Å²) in [6, 6.07) is 7.53. The Morgan fingerprint density at radius 2 is 1.71 bits per heavy atom. The molecule has 0 unspecified atom stereocenters. The molecular weight excluding hydrogens is 452 g/mol. The molecule has 4 rings (SSSR count). The van der Waals surface area contributed by atoms with E-state index in [9.17, 15) is 30.3 Å². The first kappa shape index (κ1) is 23.8. The van der Waals surface area contributed by atoms with E-state index < -0.39 is 48.5 Å². The fourth-order valence-electron chi connectivity index (χ4n) is 3.79. The third-order valence-electron chi connectivity index (χ3n) is 5.65. The summed E-state index contributed by atoms with van der Waals surface area (Å²) in [5.41, 5.74) is 0.231. The van der Waals surface area contributed by atoms with Crippen molar-refractivity contribution in [2.75, 3.05) is 20.8 Å². The van der Waals surface area contributed by atoms with Crippen LogP contribution in [0.25, 0.3) is 22.1 Å². The molecule has 0 radical (unpaired) electrons. The normalized spacial score (nSPS) is 24.7. The van der Waals surface area contributed by atoms with Crippen LogP contribution in [0.2, 0.25) is 0 Å². The summed E-state index contributed by atoms with van der Waals surface area (Å²) in [7, 11) is 2.73. The quantitative estimate of drug-likeness (QED) is 0.333. The number of benzene rings is 2. The first-order valence-electron chi connectivity index (χ1n) is 10.3. The third kappa shape index (κ3) is 4.04. The van der Waals surface area contributed by atoms with E-state index in [1.165, 1.54) is 38.7 Å². The summed E-state index contributed by atoms with van der Waals surface area (Å²) < 4.78 is 26.7. The predicted octanol–water partition coefficient (Wildman–Crippen LogP) is 0.361. The van der Waals surface area contributed by atoms with Gasteiger partial charge in [-0.15, -0.1) is 0 Å². The number of hydrogen-bond donors (Lipinski definition) is 5. The smallest absolute Gasteiger partial charge is 0.229 e. The van der Waals surface area contributed by atoms with Crippen LogP contribution in [0.5, 0.6) is 23.0 Å². The van der Waals surface area contributed by atoms with E-state index >= 15 is 0 Å².